The van der Waals surface area contributed by atoms with Gasteiger partial charge in [-0.1, -0.05) is 48.5 Å². The molecule has 2 aromatic carbocycles. The van der Waals surface area contributed by atoms with Crippen molar-refractivity contribution in [1.29, 1.82) is 0 Å². The molecule has 1 aliphatic rings. The Morgan fingerprint density at radius 1 is 1.11 bits per heavy atom. The minimum Gasteiger partial charge on any atom is -0.496 e. The van der Waals surface area contributed by atoms with Crippen LogP contribution in [0.1, 0.15) is 43.9 Å². The zero-order valence-electron chi connectivity index (χ0n) is 17.1. The number of carbonyl (C=O) groups is 1. The summed E-state index contributed by atoms with van der Waals surface area (Å²) in [6.07, 6.45) is 2.62. The van der Waals surface area contributed by atoms with Gasteiger partial charge in [0.2, 0.25) is 0 Å². The van der Waals surface area contributed by atoms with Gasteiger partial charge in [0.05, 0.1) is 13.5 Å². The highest BCUT2D eigenvalue weighted by Crippen LogP contribution is 2.31. The van der Waals surface area contributed by atoms with E-state index in [0.29, 0.717) is 11.3 Å². The van der Waals surface area contributed by atoms with E-state index in [1.54, 1.807) is 18.2 Å². The van der Waals surface area contributed by atoms with Gasteiger partial charge in [0.15, 0.2) is 0 Å². The van der Waals surface area contributed by atoms with Crippen LogP contribution in [0.25, 0.3) is 0 Å². The molecule has 0 amide bonds. The molecule has 0 radical (unpaired) electrons. The largest absolute Gasteiger partial charge is 0.496 e. The quantitative estimate of drug-likeness (QED) is 0.790. The van der Waals surface area contributed by atoms with Crippen molar-refractivity contribution in [2.24, 2.45) is 5.73 Å². The Balaban J connectivity index is 0.000000209. The van der Waals surface area contributed by atoms with Crippen molar-refractivity contribution in [1.82, 2.24) is 4.90 Å². The third-order valence-corrected chi connectivity index (χ3v) is 5.38. The zero-order chi connectivity index (χ0) is 20.6. The number of hydrogen-bond donors (Lipinski definition) is 2. The number of rotatable bonds is 6. The van der Waals surface area contributed by atoms with Crippen LogP contribution in [0.2, 0.25) is 0 Å². The van der Waals surface area contributed by atoms with E-state index in [1.165, 1.54) is 38.6 Å². The van der Waals surface area contributed by atoms with Crippen molar-refractivity contribution in [3.05, 3.63) is 65.7 Å². The molecule has 0 unspecified atom stereocenters. The lowest BCUT2D eigenvalue weighted by Gasteiger charge is -2.40. The second-order valence-electron chi connectivity index (χ2n) is 7.62. The summed E-state index contributed by atoms with van der Waals surface area (Å²) in [5, 5.41) is 8.53. The highest BCUT2D eigenvalue weighted by atomic mass is 16.5. The Morgan fingerprint density at radius 2 is 1.68 bits per heavy atom. The van der Waals surface area contributed by atoms with Crippen LogP contribution >= 0.6 is 0 Å². The van der Waals surface area contributed by atoms with Crippen LogP contribution in [-0.2, 0) is 11.2 Å². The van der Waals surface area contributed by atoms with E-state index in [4.69, 9.17) is 15.6 Å². The summed E-state index contributed by atoms with van der Waals surface area (Å²) in [7, 11) is 1.53. The minimum atomic E-state index is -0.848. The summed E-state index contributed by atoms with van der Waals surface area (Å²) in [6.45, 7) is 6.90. The topological polar surface area (TPSA) is 75.8 Å². The SMILES string of the molecule is CC(C)([C@H](N)c1ccccc1)N1CCCC1.COc1ccccc1CC(=O)O. The third-order valence-electron chi connectivity index (χ3n) is 5.38. The Morgan fingerprint density at radius 3 is 2.25 bits per heavy atom. The maximum absolute atomic E-state index is 10.4. The predicted molar refractivity (Wildman–Crippen MR) is 113 cm³/mol. The van der Waals surface area contributed by atoms with Crippen LogP contribution in [0.15, 0.2) is 54.6 Å². The summed E-state index contributed by atoms with van der Waals surface area (Å²) in [6, 6.07) is 17.6. The van der Waals surface area contributed by atoms with E-state index in [-0.39, 0.29) is 18.0 Å². The van der Waals surface area contributed by atoms with Crippen LogP contribution in [0.3, 0.4) is 0 Å². The normalized spacial score (nSPS) is 15.4. The molecular weight excluding hydrogens is 352 g/mol. The van der Waals surface area contributed by atoms with Crippen molar-refractivity contribution in [2.75, 3.05) is 20.2 Å². The molecule has 1 aliphatic heterocycles. The van der Waals surface area contributed by atoms with Gasteiger partial charge in [0, 0.05) is 17.1 Å². The van der Waals surface area contributed by atoms with Crippen LogP contribution in [0.5, 0.6) is 5.75 Å². The molecule has 152 valence electrons. The maximum Gasteiger partial charge on any atom is 0.307 e. The third kappa shape index (κ3) is 5.81. The molecule has 0 aromatic heterocycles. The molecule has 5 nitrogen and oxygen atoms in total. The van der Waals surface area contributed by atoms with Crippen LogP contribution in [0.4, 0.5) is 0 Å². The first-order valence-corrected chi connectivity index (χ1v) is 9.75. The molecular formula is C23H32N2O3. The van der Waals surface area contributed by atoms with Gasteiger partial charge in [-0.05, 0) is 51.4 Å². The van der Waals surface area contributed by atoms with Gasteiger partial charge in [-0.2, -0.15) is 0 Å². The molecule has 1 fully saturated rings. The van der Waals surface area contributed by atoms with Gasteiger partial charge in [-0.3, -0.25) is 9.69 Å². The number of aliphatic carboxylic acids is 1. The molecule has 1 saturated heterocycles. The molecule has 0 bridgehead atoms. The number of nitrogens with zero attached hydrogens (tertiary/aromatic N) is 1. The Bertz CT molecular complexity index is 741. The fraction of sp³-hybridized carbons (Fsp3) is 0.435. The number of para-hydroxylation sites is 1. The van der Waals surface area contributed by atoms with E-state index in [9.17, 15) is 4.79 Å². The number of carboxylic acid groups (broad SMARTS) is 1. The lowest BCUT2D eigenvalue weighted by molar-refractivity contribution is -0.136. The molecule has 1 heterocycles. The lowest BCUT2D eigenvalue weighted by atomic mass is 9.88. The maximum atomic E-state index is 10.4. The summed E-state index contributed by atoms with van der Waals surface area (Å²) < 4.78 is 4.98. The van der Waals surface area contributed by atoms with E-state index < -0.39 is 5.97 Å². The van der Waals surface area contributed by atoms with Gasteiger partial charge in [-0.15, -0.1) is 0 Å². The second kappa shape index (κ2) is 10.2. The number of methoxy groups -OCH3 is 1. The van der Waals surface area contributed by atoms with Crippen molar-refractivity contribution in [2.45, 2.75) is 44.7 Å². The van der Waals surface area contributed by atoms with Crippen molar-refractivity contribution in [3.8, 4) is 5.75 Å². The van der Waals surface area contributed by atoms with Crippen molar-refractivity contribution in [3.63, 3.8) is 0 Å². The number of likely N-dealkylation sites (tertiary alicyclic amines) is 1. The van der Waals surface area contributed by atoms with Crippen molar-refractivity contribution < 1.29 is 14.6 Å². The van der Waals surface area contributed by atoms with Crippen LogP contribution in [0, 0.1) is 0 Å². The Hall–Kier alpha value is -2.37. The zero-order valence-corrected chi connectivity index (χ0v) is 17.1. The van der Waals surface area contributed by atoms with Gasteiger partial charge in [-0.25, -0.2) is 0 Å². The fourth-order valence-corrected chi connectivity index (χ4v) is 3.57. The average Bonchev–Trinajstić information content (AvgIpc) is 3.24. The number of nitrogens with two attached hydrogens (primary N) is 1. The summed E-state index contributed by atoms with van der Waals surface area (Å²) in [5.41, 5.74) is 8.40. The number of ether oxygens (including phenoxy) is 1. The van der Waals surface area contributed by atoms with Gasteiger partial charge in [0.1, 0.15) is 5.75 Å². The first kappa shape index (κ1) is 21.9. The molecule has 0 saturated carbocycles. The fourth-order valence-electron chi connectivity index (χ4n) is 3.57. The van der Waals surface area contributed by atoms with Gasteiger partial charge in [0.25, 0.3) is 0 Å². The van der Waals surface area contributed by atoms with E-state index in [1.807, 2.05) is 12.1 Å². The van der Waals surface area contributed by atoms with Crippen LogP contribution in [-0.4, -0.2) is 41.7 Å². The monoisotopic (exact) mass is 384 g/mol. The van der Waals surface area contributed by atoms with Gasteiger partial charge >= 0.3 is 5.97 Å². The molecule has 1 atom stereocenters. The van der Waals surface area contributed by atoms with E-state index in [0.717, 1.165) is 0 Å². The van der Waals surface area contributed by atoms with Gasteiger partial charge < -0.3 is 15.6 Å². The van der Waals surface area contributed by atoms with Crippen LogP contribution < -0.4 is 10.5 Å². The lowest BCUT2D eigenvalue weighted by Crippen LogP contribution is -2.49. The smallest absolute Gasteiger partial charge is 0.307 e. The molecule has 28 heavy (non-hydrogen) atoms. The molecule has 3 N–H and O–H groups in total. The van der Waals surface area contributed by atoms with E-state index in [2.05, 4.69) is 43.0 Å². The summed E-state index contributed by atoms with van der Waals surface area (Å²) in [5.74, 6) is -0.223. The predicted octanol–water partition coefficient (Wildman–Crippen LogP) is 3.88. The average molecular weight is 385 g/mol. The van der Waals surface area contributed by atoms with E-state index >= 15 is 0 Å². The standard InChI is InChI=1S/C14H22N2.C9H10O3/c1-14(2,16-10-6-7-11-16)13(15)12-8-4-3-5-9-12;1-12-8-5-3-2-4-7(8)6-9(10)11/h3-5,8-9,13H,6-7,10-11,15H2,1-2H3;2-5H,6H2,1H3,(H,10,11)/t13-;/m1./s1. The Labute approximate surface area is 168 Å². The number of carboxylic acids is 1. The minimum absolute atomic E-state index is 0.00398. The molecule has 2 aromatic rings. The summed E-state index contributed by atoms with van der Waals surface area (Å²) in [4.78, 5) is 12.9. The molecule has 5 heteroatoms. The number of hydrogen-bond acceptors (Lipinski definition) is 4. The molecule has 3 rings (SSSR count). The first-order valence-electron chi connectivity index (χ1n) is 9.75. The highest BCUT2D eigenvalue weighted by molar-refractivity contribution is 5.71. The molecule has 0 aliphatic carbocycles. The highest BCUT2D eigenvalue weighted by Gasteiger charge is 2.35. The molecule has 0 spiro atoms. The second-order valence-corrected chi connectivity index (χ2v) is 7.62. The summed E-state index contributed by atoms with van der Waals surface area (Å²) >= 11 is 0. The van der Waals surface area contributed by atoms with Crippen molar-refractivity contribution >= 4 is 5.97 Å². The first-order chi connectivity index (χ1) is 13.4. The number of benzene rings is 2. The Kier molecular flexibility index (Phi) is 8.03.